The number of nitrogens with one attached hydrogen (secondary N) is 3. The fraction of sp³-hybridized carbons (Fsp3) is 0.312. The summed E-state index contributed by atoms with van der Waals surface area (Å²) in [6.07, 6.45) is 0. The van der Waals surface area contributed by atoms with Gasteiger partial charge in [-0.25, -0.2) is 4.79 Å². The summed E-state index contributed by atoms with van der Waals surface area (Å²) < 4.78 is 4.62. The number of urea groups is 1. The second-order valence-electron chi connectivity index (χ2n) is 5.85. The summed E-state index contributed by atoms with van der Waals surface area (Å²) >= 11 is 0. The second-order valence-corrected chi connectivity index (χ2v) is 5.85. The summed E-state index contributed by atoms with van der Waals surface area (Å²) in [6, 6.07) is 4.49. The summed E-state index contributed by atoms with van der Waals surface area (Å²) in [5.74, 6) is -1.30. The number of carbonyl (C=O) groups excluding carboxylic acids is 3. The second kappa shape index (κ2) is 8.10. The molecule has 0 unspecified atom stereocenters. The van der Waals surface area contributed by atoms with Crippen LogP contribution in [0.15, 0.2) is 22.7 Å². The molecule has 0 saturated carbocycles. The zero-order valence-electron chi connectivity index (χ0n) is 14.6. The van der Waals surface area contributed by atoms with E-state index in [-0.39, 0.29) is 30.2 Å². The highest BCUT2D eigenvalue weighted by Crippen LogP contribution is 2.17. The van der Waals surface area contributed by atoms with Crippen LogP contribution in [0, 0.1) is 6.92 Å². The van der Waals surface area contributed by atoms with Crippen molar-refractivity contribution in [2.45, 2.75) is 33.4 Å². The molecule has 10 heteroatoms. The van der Waals surface area contributed by atoms with Crippen molar-refractivity contribution in [1.82, 2.24) is 20.8 Å². The summed E-state index contributed by atoms with van der Waals surface area (Å²) in [5.41, 5.74) is 6.72. The van der Waals surface area contributed by atoms with E-state index in [2.05, 4.69) is 30.6 Å². The molecular weight excluding hydrogens is 340 g/mol. The van der Waals surface area contributed by atoms with Crippen LogP contribution in [0.4, 0.5) is 10.5 Å². The lowest BCUT2D eigenvalue weighted by Crippen LogP contribution is -2.31. The highest BCUT2D eigenvalue weighted by molar-refractivity contribution is 5.97. The van der Waals surface area contributed by atoms with Gasteiger partial charge in [-0.3, -0.25) is 9.59 Å². The van der Waals surface area contributed by atoms with Crippen LogP contribution in [0.2, 0.25) is 0 Å². The molecule has 0 atom stereocenters. The van der Waals surface area contributed by atoms with Crippen molar-refractivity contribution in [3.63, 3.8) is 0 Å². The minimum atomic E-state index is -0.847. The number of hydrogen-bond acceptors (Lipinski definition) is 6. The molecule has 4 amide bonds. The highest BCUT2D eigenvalue weighted by Gasteiger charge is 2.13. The average Bonchev–Trinajstić information content (AvgIpc) is 3.03. The van der Waals surface area contributed by atoms with Crippen molar-refractivity contribution in [3.05, 3.63) is 41.0 Å². The van der Waals surface area contributed by atoms with Crippen LogP contribution >= 0.6 is 0 Å². The van der Waals surface area contributed by atoms with Gasteiger partial charge in [0, 0.05) is 17.3 Å². The molecule has 26 heavy (non-hydrogen) atoms. The van der Waals surface area contributed by atoms with Crippen molar-refractivity contribution < 1.29 is 18.9 Å². The van der Waals surface area contributed by atoms with Crippen LogP contribution in [0.3, 0.4) is 0 Å². The smallest absolute Gasteiger partial charge is 0.319 e. The van der Waals surface area contributed by atoms with Crippen LogP contribution in [0.5, 0.6) is 0 Å². The molecule has 10 nitrogen and oxygen atoms in total. The summed E-state index contributed by atoms with van der Waals surface area (Å²) in [5, 5.41) is 11.5. The van der Waals surface area contributed by atoms with Crippen molar-refractivity contribution in [2.24, 2.45) is 5.73 Å². The van der Waals surface area contributed by atoms with Gasteiger partial charge in [0.2, 0.25) is 0 Å². The summed E-state index contributed by atoms with van der Waals surface area (Å²) in [6.45, 7) is 5.47. The Morgan fingerprint density at radius 3 is 2.62 bits per heavy atom. The van der Waals surface area contributed by atoms with Gasteiger partial charge in [0.25, 0.3) is 5.91 Å². The zero-order chi connectivity index (χ0) is 19.3. The fourth-order valence-corrected chi connectivity index (χ4v) is 2.00. The molecule has 2 aromatic rings. The first-order valence-electron chi connectivity index (χ1n) is 7.85. The average molecular weight is 360 g/mol. The SMILES string of the molecule is Cc1ccc(C(=O)NC(C)C)cc1NC(=O)NCc1noc(C(N)=O)n1. The predicted molar refractivity (Wildman–Crippen MR) is 92.5 cm³/mol. The van der Waals surface area contributed by atoms with Gasteiger partial charge in [-0.2, -0.15) is 4.98 Å². The molecule has 1 aromatic carbocycles. The maximum atomic E-state index is 12.1. The van der Waals surface area contributed by atoms with E-state index in [9.17, 15) is 14.4 Å². The highest BCUT2D eigenvalue weighted by atomic mass is 16.5. The van der Waals surface area contributed by atoms with E-state index in [0.717, 1.165) is 5.56 Å². The van der Waals surface area contributed by atoms with Gasteiger partial charge in [-0.05, 0) is 38.5 Å². The molecule has 5 N–H and O–H groups in total. The number of rotatable bonds is 6. The van der Waals surface area contributed by atoms with E-state index < -0.39 is 11.9 Å². The third-order valence-electron chi connectivity index (χ3n) is 3.25. The van der Waals surface area contributed by atoms with Crippen molar-refractivity contribution in [2.75, 3.05) is 5.32 Å². The Bertz CT molecular complexity index is 830. The first-order chi connectivity index (χ1) is 12.3. The molecule has 1 aromatic heterocycles. The van der Waals surface area contributed by atoms with Gasteiger partial charge in [-0.1, -0.05) is 11.2 Å². The Hall–Kier alpha value is -3.43. The number of primary amides is 1. The zero-order valence-corrected chi connectivity index (χ0v) is 14.6. The largest absolute Gasteiger partial charge is 0.361 e. The Morgan fingerprint density at radius 2 is 2.00 bits per heavy atom. The van der Waals surface area contributed by atoms with Gasteiger partial charge in [0.1, 0.15) is 0 Å². The Kier molecular flexibility index (Phi) is 5.89. The van der Waals surface area contributed by atoms with Crippen LogP contribution in [-0.2, 0) is 6.54 Å². The van der Waals surface area contributed by atoms with E-state index in [1.165, 1.54) is 0 Å². The van der Waals surface area contributed by atoms with E-state index >= 15 is 0 Å². The van der Waals surface area contributed by atoms with Crippen molar-refractivity contribution in [1.29, 1.82) is 0 Å². The quantitative estimate of drug-likeness (QED) is 0.601. The number of anilines is 1. The van der Waals surface area contributed by atoms with E-state index in [1.807, 2.05) is 13.8 Å². The number of aryl methyl sites for hydroxylation is 1. The minimum absolute atomic E-state index is 0.00349. The maximum absolute atomic E-state index is 12.1. The van der Waals surface area contributed by atoms with Gasteiger partial charge >= 0.3 is 17.8 Å². The Labute approximate surface area is 149 Å². The number of benzene rings is 1. The lowest BCUT2D eigenvalue weighted by molar-refractivity contribution is 0.0939. The lowest BCUT2D eigenvalue weighted by Gasteiger charge is -2.12. The maximum Gasteiger partial charge on any atom is 0.319 e. The first-order valence-corrected chi connectivity index (χ1v) is 7.85. The number of nitrogens with two attached hydrogens (primary N) is 1. The number of hydrogen-bond donors (Lipinski definition) is 4. The molecule has 1 heterocycles. The van der Waals surface area contributed by atoms with Crippen molar-refractivity contribution >= 4 is 23.5 Å². The normalized spacial score (nSPS) is 10.5. The van der Waals surface area contributed by atoms with Gasteiger partial charge < -0.3 is 26.2 Å². The molecule has 0 aliphatic carbocycles. The Morgan fingerprint density at radius 1 is 1.27 bits per heavy atom. The number of amides is 4. The molecule has 0 aliphatic heterocycles. The standard InChI is InChI=1S/C16H20N6O4/c1-8(2)19-14(24)10-5-4-9(3)11(6-10)20-16(25)18-7-12-21-15(13(17)23)26-22-12/h4-6,8H,7H2,1-3H3,(H2,17,23)(H,19,24)(H2,18,20,25). The minimum Gasteiger partial charge on any atom is -0.361 e. The molecule has 0 radical (unpaired) electrons. The van der Waals surface area contributed by atoms with Crippen LogP contribution < -0.4 is 21.7 Å². The van der Waals surface area contributed by atoms with Crippen LogP contribution in [-0.4, -0.2) is 34.0 Å². The lowest BCUT2D eigenvalue weighted by atomic mass is 10.1. The van der Waals surface area contributed by atoms with Crippen molar-refractivity contribution in [3.8, 4) is 0 Å². The monoisotopic (exact) mass is 360 g/mol. The van der Waals surface area contributed by atoms with Crippen LogP contribution in [0.1, 0.15) is 46.3 Å². The first kappa shape index (κ1) is 18.9. The third-order valence-corrected chi connectivity index (χ3v) is 3.25. The fourth-order valence-electron chi connectivity index (χ4n) is 2.00. The summed E-state index contributed by atoms with van der Waals surface area (Å²) in [7, 11) is 0. The molecule has 0 spiro atoms. The van der Waals surface area contributed by atoms with E-state index in [1.54, 1.807) is 25.1 Å². The van der Waals surface area contributed by atoms with E-state index in [0.29, 0.717) is 11.3 Å². The van der Waals surface area contributed by atoms with Crippen LogP contribution in [0.25, 0.3) is 0 Å². The molecule has 0 saturated heterocycles. The topological polar surface area (TPSA) is 152 Å². The van der Waals surface area contributed by atoms with Gasteiger partial charge in [-0.15, -0.1) is 0 Å². The Balaban J connectivity index is 1.99. The number of nitrogens with zero attached hydrogens (tertiary/aromatic N) is 2. The van der Waals surface area contributed by atoms with E-state index in [4.69, 9.17) is 5.73 Å². The molecule has 0 bridgehead atoms. The predicted octanol–water partition coefficient (Wildman–Crippen LogP) is 0.937. The third kappa shape index (κ3) is 5.03. The van der Waals surface area contributed by atoms with Gasteiger partial charge in [0.05, 0.1) is 6.54 Å². The number of aromatic nitrogens is 2. The molecule has 0 fully saturated rings. The molecular formula is C16H20N6O4. The summed E-state index contributed by atoms with van der Waals surface area (Å²) in [4.78, 5) is 38.7. The van der Waals surface area contributed by atoms with Gasteiger partial charge in [0.15, 0.2) is 5.82 Å². The molecule has 138 valence electrons. The number of carbonyl (C=O) groups is 3. The molecule has 0 aliphatic rings. The molecule has 2 rings (SSSR count).